The Labute approximate surface area is 159 Å². The van der Waals surface area contributed by atoms with E-state index in [9.17, 15) is 9.59 Å². The number of rotatable bonds is 5. The molecule has 0 aromatic heterocycles. The van der Waals surface area contributed by atoms with Crippen LogP contribution < -0.4 is 4.90 Å². The molecule has 3 aromatic carbocycles. The highest BCUT2D eigenvalue weighted by Crippen LogP contribution is 2.47. The highest BCUT2D eigenvalue weighted by Gasteiger charge is 2.47. The molecule has 134 valence electrons. The van der Waals surface area contributed by atoms with Crippen molar-refractivity contribution in [1.82, 2.24) is 0 Å². The number of ketones is 1. The zero-order valence-electron chi connectivity index (χ0n) is 15.3. The van der Waals surface area contributed by atoms with Gasteiger partial charge in [0.25, 0.3) is 0 Å². The van der Waals surface area contributed by atoms with E-state index in [4.69, 9.17) is 0 Å². The quantitative estimate of drug-likeness (QED) is 0.584. The molecule has 0 spiro atoms. The maximum atomic E-state index is 13.4. The molecule has 0 radical (unpaired) electrons. The molecular weight excluding hydrogens is 334 g/mol. The van der Waals surface area contributed by atoms with Crippen molar-refractivity contribution in [3.05, 3.63) is 96.1 Å². The van der Waals surface area contributed by atoms with Gasteiger partial charge in [0.15, 0.2) is 5.78 Å². The van der Waals surface area contributed by atoms with Crippen LogP contribution >= 0.6 is 0 Å². The van der Waals surface area contributed by atoms with Crippen LogP contribution in [0.4, 0.5) is 11.4 Å². The molecule has 3 heteroatoms. The molecule has 1 unspecified atom stereocenters. The molecule has 4 rings (SSSR count). The van der Waals surface area contributed by atoms with Crippen molar-refractivity contribution in [2.24, 2.45) is 0 Å². The fourth-order valence-corrected chi connectivity index (χ4v) is 3.81. The Morgan fingerprint density at radius 2 is 1.44 bits per heavy atom. The summed E-state index contributed by atoms with van der Waals surface area (Å²) in [5.74, 6) is 0.0935. The molecule has 0 saturated heterocycles. The van der Waals surface area contributed by atoms with Gasteiger partial charge in [0.05, 0.1) is 11.1 Å². The molecule has 3 aromatic rings. The maximum Gasteiger partial charge on any atom is 0.242 e. The van der Waals surface area contributed by atoms with Crippen molar-refractivity contribution in [2.45, 2.75) is 25.2 Å². The monoisotopic (exact) mass is 355 g/mol. The second-order valence-electron chi connectivity index (χ2n) is 7.11. The second kappa shape index (κ2) is 6.84. The Bertz CT molecular complexity index is 982. The Balaban J connectivity index is 1.66. The summed E-state index contributed by atoms with van der Waals surface area (Å²) >= 11 is 0. The lowest BCUT2D eigenvalue weighted by atomic mass is 9.79. The summed E-state index contributed by atoms with van der Waals surface area (Å²) in [6.45, 7) is 1.95. The fraction of sp³-hybridized carbons (Fsp3) is 0.167. The first-order chi connectivity index (χ1) is 13.1. The average molecular weight is 355 g/mol. The molecule has 1 heterocycles. The van der Waals surface area contributed by atoms with E-state index in [1.54, 1.807) is 4.90 Å². The number of anilines is 2. The van der Waals surface area contributed by atoms with Gasteiger partial charge in [-0.3, -0.25) is 14.5 Å². The van der Waals surface area contributed by atoms with Crippen LogP contribution in [0.3, 0.4) is 0 Å². The van der Waals surface area contributed by atoms with Gasteiger partial charge in [-0.25, -0.2) is 0 Å². The molecule has 1 aliphatic rings. The van der Waals surface area contributed by atoms with E-state index in [0.29, 0.717) is 18.4 Å². The minimum absolute atomic E-state index is 0.0239. The van der Waals surface area contributed by atoms with Gasteiger partial charge in [-0.1, -0.05) is 66.7 Å². The van der Waals surface area contributed by atoms with Crippen molar-refractivity contribution in [2.75, 3.05) is 4.90 Å². The highest BCUT2D eigenvalue weighted by atomic mass is 16.2. The van der Waals surface area contributed by atoms with Gasteiger partial charge >= 0.3 is 0 Å². The van der Waals surface area contributed by atoms with Crippen molar-refractivity contribution in [3.63, 3.8) is 0 Å². The Morgan fingerprint density at radius 3 is 2.15 bits per heavy atom. The van der Waals surface area contributed by atoms with E-state index in [-0.39, 0.29) is 11.7 Å². The van der Waals surface area contributed by atoms with Crippen molar-refractivity contribution >= 4 is 23.1 Å². The predicted octanol–water partition coefficient (Wildman–Crippen LogP) is 5.29. The molecule has 0 fully saturated rings. The third-order valence-electron chi connectivity index (χ3n) is 5.38. The summed E-state index contributed by atoms with van der Waals surface area (Å²) in [5.41, 5.74) is 2.73. The minimum atomic E-state index is -0.711. The van der Waals surface area contributed by atoms with Gasteiger partial charge in [-0.05, 0) is 37.1 Å². The largest absolute Gasteiger partial charge is 0.294 e. The lowest BCUT2D eigenvalue weighted by Crippen LogP contribution is -2.36. The van der Waals surface area contributed by atoms with Gasteiger partial charge < -0.3 is 0 Å². The van der Waals surface area contributed by atoms with Gasteiger partial charge in [0.2, 0.25) is 5.91 Å². The van der Waals surface area contributed by atoms with E-state index < -0.39 is 5.41 Å². The number of amides is 1. The van der Waals surface area contributed by atoms with Gasteiger partial charge in [-0.2, -0.15) is 0 Å². The summed E-state index contributed by atoms with van der Waals surface area (Å²) in [6, 6.07) is 26.8. The summed E-state index contributed by atoms with van der Waals surface area (Å²) in [4.78, 5) is 27.8. The summed E-state index contributed by atoms with van der Waals surface area (Å²) < 4.78 is 0. The van der Waals surface area contributed by atoms with E-state index in [1.165, 1.54) is 0 Å². The lowest BCUT2D eigenvalue weighted by Gasteiger charge is -2.24. The molecule has 0 N–H and O–H groups in total. The predicted molar refractivity (Wildman–Crippen MR) is 107 cm³/mol. The first-order valence-electron chi connectivity index (χ1n) is 9.18. The van der Waals surface area contributed by atoms with E-state index in [1.807, 2.05) is 91.9 Å². The molecule has 27 heavy (non-hydrogen) atoms. The first-order valence-corrected chi connectivity index (χ1v) is 9.18. The van der Waals surface area contributed by atoms with Gasteiger partial charge in [0.1, 0.15) is 0 Å². The van der Waals surface area contributed by atoms with Crippen molar-refractivity contribution in [3.8, 4) is 0 Å². The summed E-state index contributed by atoms with van der Waals surface area (Å²) in [6.07, 6.45) is 0.823. The number of hydrogen-bond acceptors (Lipinski definition) is 2. The van der Waals surface area contributed by atoms with Crippen LogP contribution in [0, 0.1) is 0 Å². The van der Waals surface area contributed by atoms with Gasteiger partial charge in [0, 0.05) is 17.7 Å². The second-order valence-corrected chi connectivity index (χ2v) is 7.11. The standard InChI is InChI=1S/C24H21NO2/c1-24(17-16-22(26)18-10-4-2-5-11-18)20-14-8-9-15-21(20)25(23(24)27)19-12-6-3-7-13-19/h2-15H,16-17H2,1H3. The van der Waals surface area contributed by atoms with Crippen LogP contribution in [0.2, 0.25) is 0 Å². The van der Waals surface area contributed by atoms with E-state index in [0.717, 1.165) is 16.9 Å². The molecule has 3 nitrogen and oxygen atoms in total. The summed E-state index contributed by atoms with van der Waals surface area (Å²) in [5, 5.41) is 0. The normalized spacial score (nSPS) is 18.4. The SMILES string of the molecule is CC1(CCC(=O)c2ccccc2)C(=O)N(c2ccccc2)c2ccccc21. The van der Waals surface area contributed by atoms with Gasteiger partial charge in [-0.15, -0.1) is 0 Å². The number of carbonyl (C=O) groups is 2. The van der Waals surface area contributed by atoms with E-state index >= 15 is 0 Å². The molecular formula is C24H21NO2. The lowest BCUT2D eigenvalue weighted by molar-refractivity contribution is -0.122. The summed E-state index contributed by atoms with van der Waals surface area (Å²) in [7, 11) is 0. The number of fused-ring (bicyclic) bond motifs is 1. The number of carbonyl (C=O) groups excluding carboxylic acids is 2. The molecule has 0 aliphatic carbocycles. The fourth-order valence-electron chi connectivity index (χ4n) is 3.81. The Hall–Kier alpha value is -3.20. The third kappa shape index (κ3) is 2.95. The van der Waals surface area contributed by atoms with Crippen LogP contribution in [0.5, 0.6) is 0 Å². The number of nitrogens with zero attached hydrogens (tertiary/aromatic N) is 1. The van der Waals surface area contributed by atoms with Crippen molar-refractivity contribution in [1.29, 1.82) is 0 Å². The number of Topliss-reactive ketones (excluding diaryl/α,β-unsaturated/α-hetero) is 1. The molecule has 1 aliphatic heterocycles. The molecule has 0 bridgehead atoms. The van der Waals surface area contributed by atoms with Crippen LogP contribution in [0.25, 0.3) is 0 Å². The smallest absolute Gasteiger partial charge is 0.242 e. The highest BCUT2D eigenvalue weighted by molar-refractivity contribution is 6.13. The zero-order chi connectivity index (χ0) is 18.9. The van der Waals surface area contributed by atoms with Crippen LogP contribution in [-0.4, -0.2) is 11.7 Å². The minimum Gasteiger partial charge on any atom is -0.294 e. The number of para-hydroxylation sites is 2. The third-order valence-corrected chi connectivity index (χ3v) is 5.38. The topological polar surface area (TPSA) is 37.4 Å². The van der Waals surface area contributed by atoms with E-state index in [2.05, 4.69) is 0 Å². The van der Waals surface area contributed by atoms with Crippen LogP contribution in [0.1, 0.15) is 35.7 Å². The molecule has 1 amide bonds. The Kier molecular flexibility index (Phi) is 4.36. The maximum absolute atomic E-state index is 13.4. The average Bonchev–Trinajstić information content (AvgIpc) is 2.95. The molecule has 0 saturated carbocycles. The number of benzene rings is 3. The zero-order valence-corrected chi connectivity index (χ0v) is 15.3. The van der Waals surface area contributed by atoms with Crippen molar-refractivity contribution < 1.29 is 9.59 Å². The number of hydrogen-bond donors (Lipinski definition) is 0. The van der Waals surface area contributed by atoms with Crippen LogP contribution in [0.15, 0.2) is 84.9 Å². The molecule has 1 atom stereocenters. The van der Waals surface area contributed by atoms with Crippen LogP contribution in [-0.2, 0) is 10.2 Å². The first kappa shape index (κ1) is 17.2. The Morgan fingerprint density at radius 1 is 0.852 bits per heavy atom.